The summed E-state index contributed by atoms with van der Waals surface area (Å²) >= 11 is 0. The number of hydrogen-bond acceptors (Lipinski definition) is 4. The fraction of sp³-hybridized carbons (Fsp3) is 0.424. The number of ether oxygens (including phenoxy) is 2. The Balaban J connectivity index is 1.80. The van der Waals surface area contributed by atoms with E-state index in [0.29, 0.717) is 5.56 Å². The Labute approximate surface area is 221 Å². The molecular weight excluding hydrogens is 458 g/mol. The molecular formula is C33H39NO3. The minimum atomic E-state index is -1.01. The maximum Gasteiger partial charge on any atom is 0.340 e. The van der Waals surface area contributed by atoms with Gasteiger partial charge in [0.05, 0.1) is 5.56 Å². The van der Waals surface area contributed by atoms with Gasteiger partial charge in [-0.25, -0.2) is 4.79 Å². The molecule has 0 saturated carbocycles. The summed E-state index contributed by atoms with van der Waals surface area (Å²) in [6, 6.07) is 16.7. The van der Waals surface area contributed by atoms with Gasteiger partial charge in [0.2, 0.25) is 0 Å². The number of unbranched alkanes of at least 4 members (excludes halogenated alkanes) is 2. The van der Waals surface area contributed by atoms with Gasteiger partial charge in [0.25, 0.3) is 0 Å². The third-order valence-corrected chi connectivity index (χ3v) is 8.07. The Hall–Kier alpha value is -3.27. The first-order chi connectivity index (χ1) is 18.0. The van der Waals surface area contributed by atoms with Crippen molar-refractivity contribution >= 4 is 11.7 Å². The number of esters is 1. The standard InChI is InChI=1S/C33H39NO3/c1-6-10-14-23-19-27-30(18-22(23)5)36-31-21-29(34(8-3)9-4)24(15-11-7-2)20-28(31)33(27)26-17-13-12-16-25(26)32(35)37-33/h12-13,16-21H,6-11,14-15H2,1-5H3. The van der Waals surface area contributed by atoms with Crippen molar-refractivity contribution in [2.45, 2.75) is 78.7 Å². The van der Waals surface area contributed by atoms with E-state index < -0.39 is 5.60 Å². The van der Waals surface area contributed by atoms with E-state index in [9.17, 15) is 4.79 Å². The Morgan fingerprint density at radius 2 is 1.41 bits per heavy atom. The molecule has 4 heteroatoms. The normalized spacial score (nSPS) is 17.2. The summed E-state index contributed by atoms with van der Waals surface area (Å²) in [6.07, 6.45) is 6.45. The third kappa shape index (κ3) is 4.11. The summed E-state index contributed by atoms with van der Waals surface area (Å²) in [5.41, 5.74) is 7.42. The molecule has 3 aromatic rings. The lowest BCUT2D eigenvalue weighted by molar-refractivity contribution is 0.0224. The van der Waals surface area contributed by atoms with Crippen LogP contribution in [0.5, 0.6) is 11.5 Å². The second kappa shape index (κ2) is 10.2. The van der Waals surface area contributed by atoms with E-state index in [1.807, 2.05) is 18.2 Å². The lowest BCUT2D eigenvalue weighted by Gasteiger charge is -2.38. The van der Waals surface area contributed by atoms with E-state index in [2.05, 4.69) is 69.9 Å². The molecule has 0 radical (unpaired) electrons. The number of rotatable bonds is 9. The van der Waals surface area contributed by atoms with E-state index in [1.54, 1.807) is 0 Å². The Morgan fingerprint density at radius 3 is 2.08 bits per heavy atom. The molecule has 2 aliphatic heterocycles. The summed E-state index contributed by atoms with van der Waals surface area (Å²) < 4.78 is 13.2. The van der Waals surface area contributed by atoms with Crippen molar-refractivity contribution in [3.63, 3.8) is 0 Å². The molecule has 0 aromatic heterocycles. The fourth-order valence-electron chi connectivity index (χ4n) is 6.00. The minimum absolute atomic E-state index is 0.270. The average Bonchev–Trinajstić information content (AvgIpc) is 3.20. The zero-order valence-electron chi connectivity index (χ0n) is 22.9. The molecule has 0 N–H and O–H groups in total. The molecule has 4 nitrogen and oxygen atoms in total. The van der Waals surface area contributed by atoms with Crippen LogP contribution in [-0.2, 0) is 23.2 Å². The van der Waals surface area contributed by atoms with Crippen molar-refractivity contribution in [1.29, 1.82) is 0 Å². The average molecular weight is 498 g/mol. The van der Waals surface area contributed by atoms with Crippen LogP contribution in [0.3, 0.4) is 0 Å². The second-order valence-corrected chi connectivity index (χ2v) is 10.3. The van der Waals surface area contributed by atoms with Crippen molar-refractivity contribution in [3.05, 3.63) is 87.5 Å². The van der Waals surface area contributed by atoms with Gasteiger partial charge in [-0.3, -0.25) is 0 Å². The number of carbonyl (C=O) groups is 1. The molecule has 1 atom stereocenters. The molecule has 5 rings (SSSR count). The molecule has 1 unspecified atom stereocenters. The van der Waals surface area contributed by atoms with Crippen LogP contribution in [0, 0.1) is 6.92 Å². The van der Waals surface area contributed by atoms with E-state index in [0.717, 1.165) is 79.8 Å². The summed E-state index contributed by atoms with van der Waals surface area (Å²) in [5.74, 6) is 1.29. The highest BCUT2D eigenvalue weighted by Gasteiger charge is 2.54. The van der Waals surface area contributed by atoms with Gasteiger partial charge in [0, 0.05) is 41.5 Å². The van der Waals surface area contributed by atoms with E-state index >= 15 is 0 Å². The molecule has 0 fully saturated rings. The predicted octanol–water partition coefficient (Wildman–Crippen LogP) is 8.09. The molecule has 0 saturated heterocycles. The SMILES string of the molecule is CCCCc1cc2c(cc1C)Oc1cc(N(CC)CC)c(CCCC)cc1C21OC(=O)c2ccccc21. The van der Waals surface area contributed by atoms with Gasteiger partial charge in [0.1, 0.15) is 11.5 Å². The van der Waals surface area contributed by atoms with Gasteiger partial charge in [-0.1, -0.05) is 44.9 Å². The van der Waals surface area contributed by atoms with Crippen LogP contribution in [0.1, 0.15) is 97.1 Å². The van der Waals surface area contributed by atoms with E-state index in [4.69, 9.17) is 9.47 Å². The second-order valence-electron chi connectivity index (χ2n) is 10.3. The lowest BCUT2D eigenvalue weighted by atomic mass is 9.75. The van der Waals surface area contributed by atoms with Crippen molar-refractivity contribution < 1.29 is 14.3 Å². The van der Waals surface area contributed by atoms with Crippen molar-refractivity contribution in [1.82, 2.24) is 0 Å². The molecule has 2 aliphatic rings. The van der Waals surface area contributed by atoms with E-state index in [1.165, 1.54) is 22.4 Å². The number of benzene rings is 3. The molecule has 0 bridgehead atoms. The molecule has 3 aromatic carbocycles. The number of anilines is 1. The van der Waals surface area contributed by atoms with Gasteiger partial charge in [-0.05, 0) is 87.4 Å². The smallest absolute Gasteiger partial charge is 0.340 e. The quantitative estimate of drug-likeness (QED) is 0.280. The molecule has 194 valence electrons. The predicted molar refractivity (Wildman–Crippen MR) is 150 cm³/mol. The van der Waals surface area contributed by atoms with Crippen molar-refractivity contribution in [2.75, 3.05) is 18.0 Å². The Morgan fingerprint density at radius 1 is 0.784 bits per heavy atom. The first kappa shape index (κ1) is 25.4. The lowest BCUT2D eigenvalue weighted by Crippen LogP contribution is -2.34. The molecule has 0 aliphatic carbocycles. The van der Waals surface area contributed by atoms with Crippen LogP contribution >= 0.6 is 0 Å². The number of nitrogens with zero attached hydrogens (tertiary/aromatic N) is 1. The highest BCUT2D eigenvalue weighted by atomic mass is 16.6. The van der Waals surface area contributed by atoms with Crippen LogP contribution in [0.25, 0.3) is 0 Å². The largest absolute Gasteiger partial charge is 0.456 e. The number of carbonyl (C=O) groups excluding carboxylic acids is 1. The van der Waals surface area contributed by atoms with Gasteiger partial charge < -0.3 is 14.4 Å². The van der Waals surface area contributed by atoms with Gasteiger partial charge >= 0.3 is 5.97 Å². The number of aryl methyl sites for hydroxylation is 3. The van der Waals surface area contributed by atoms with Crippen molar-refractivity contribution in [3.8, 4) is 11.5 Å². The van der Waals surface area contributed by atoms with Crippen LogP contribution in [-0.4, -0.2) is 19.1 Å². The highest BCUT2D eigenvalue weighted by Crippen LogP contribution is 2.57. The summed E-state index contributed by atoms with van der Waals surface area (Å²) in [7, 11) is 0. The molecule has 1 spiro atoms. The van der Waals surface area contributed by atoms with Crippen LogP contribution < -0.4 is 9.64 Å². The Bertz CT molecular complexity index is 1320. The first-order valence-corrected chi connectivity index (χ1v) is 14.0. The zero-order valence-corrected chi connectivity index (χ0v) is 22.9. The van der Waals surface area contributed by atoms with E-state index in [-0.39, 0.29) is 5.97 Å². The monoisotopic (exact) mass is 497 g/mol. The maximum absolute atomic E-state index is 13.3. The zero-order chi connectivity index (χ0) is 26.2. The molecule has 37 heavy (non-hydrogen) atoms. The number of hydrogen-bond donors (Lipinski definition) is 0. The molecule has 2 heterocycles. The third-order valence-electron chi connectivity index (χ3n) is 8.07. The first-order valence-electron chi connectivity index (χ1n) is 14.0. The maximum atomic E-state index is 13.3. The fourth-order valence-corrected chi connectivity index (χ4v) is 6.00. The van der Waals surface area contributed by atoms with Crippen LogP contribution in [0.4, 0.5) is 5.69 Å². The summed E-state index contributed by atoms with van der Waals surface area (Å²) in [5, 5.41) is 0. The van der Waals surface area contributed by atoms with Crippen molar-refractivity contribution in [2.24, 2.45) is 0 Å². The highest BCUT2D eigenvalue weighted by molar-refractivity contribution is 5.97. The van der Waals surface area contributed by atoms with Crippen LogP contribution in [0.15, 0.2) is 48.5 Å². The number of fused-ring (bicyclic) bond motifs is 6. The van der Waals surface area contributed by atoms with Crippen LogP contribution in [0.2, 0.25) is 0 Å². The van der Waals surface area contributed by atoms with Gasteiger partial charge in [-0.15, -0.1) is 0 Å². The van der Waals surface area contributed by atoms with Gasteiger partial charge in [-0.2, -0.15) is 0 Å². The Kier molecular flexibility index (Phi) is 7.02. The molecule has 0 amide bonds. The summed E-state index contributed by atoms with van der Waals surface area (Å²) in [4.78, 5) is 15.7. The minimum Gasteiger partial charge on any atom is -0.456 e. The topological polar surface area (TPSA) is 38.8 Å². The van der Waals surface area contributed by atoms with Gasteiger partial charge in [0.15, 0.2) is 5.60 Å². The summed E-state index contributed by atoms with van der Waals surface area (Å²) in [6.45, 7) is 12.8.